The minimum Gasteiger partial charge on any atom is -0.379 e. The second-order valence-electron chi connectivity index (χ2n) is 4.76. The van der Waals surface area contributed by atoms with Gasteiger partial charge in [-0.3, -0.25) is 0 Å². The molecule has 0 bridgehead atoms. The molecular formula is C14H21NO. The van der Waals surface area contributed by atoms with Gasteiger partial charge in [-0.05, 0) is 30.4 Å². The van der Waals surface area contributed by atoms with Crippen LogP contribution in [0.3, 0.4) is 0 Å². The molecular weight excluding hydrogens is 198 g/mol. The third kappa shape index (κ3) is 2.45. The highest BCUT2D eigenvalue weighted by Gasteiger charge is 2.30. The van der Waals surface area contributed by atoms with Gasteiger partial charge in [-0.25, -0.2) is 0 Å². The summed E-state index contributed by atoms with van der Waals surface area (Å²) in [7, 11) is 0. The van der Waals surface area contributed by atoms with Crippen LogP contribution in [0.1, 0.15) is 37.3 Å². The molecule has 0 saturated carbocycles. The maximum absolute atomic E-state index is 6.42. The van der Waals surface area contributed by atoms with Crippen LogP contribution in [-0.4, -0.2) is 13.2 Å². The van der Waals surface area contributed by atoms with Gasteiger partial charge in [-0.1, -0.05) is 37.6 Å². The molecule has 1 heterocycles. The zero-order chi connectivity index (χ0) is 11.4. The van der Waals surface area contributed by atoms with Crippen molar-refractivity contribution in [2.45, 2.75) is 38.1 Å². The fourth-order valence-electron chi connectivity index (χ4n) is 2.37. The number of hydrogen-bond acceptors (Lipinski definition) is 2. The zero-order valence-electron chi connectivity index (χ0n) is 10.0. The van der Waals surface area contributed by atoms with Crippen LogP contribution in [0.5, 0.6) is 0 Å². The summed E-state index contributed by atoms with van der Waals surface area (Å²) in [6.45, 7) is 3.71. The zero-order valence-corrected chi connectivity index (χ0v) is 10.0. The first-order valence-electron chi connectivity index (χ1n) is 6.21. The molecule has 1 aromatic carbocycles. The molecule has 1 aliphatic heterocycles. The summed E-state index contributed by atoms with van der Waals surface area (Å²) in [6.07, 6.45) is 4.40. The van der Waals surface area contributed by atoms with Gasteiger partial charge < -0.3 is 10.5 Å². The fraction of sp³-hybridized carbons (Fsp3) is 0.571. The minimum atomic E-state index is -0.262. The summed E-state index contributed by atoms with van der Waals surface area (Å²) in [5.41, 5.74) is 8.78. The Morgan fingerprint density at radius 3 is 3.00 bits per heavy atom. The molecule has 0 amide bonds. The molecule has 88 valence electrons. The molecule has 1 atom stereocenters. The largest absolute Gasteiger partial charge is 0.379 e. The van der Waals surface area contributed by atoms with E-state index < -0.39 is 0 Å². The average molecular weight is 219 g/mol. The smallest absolute Gasteiger partial charge is 0.0688 e. The molecule has 0 spiro atoms. The highest BCUT2D eigenvalue weighted by Crippen LogP contribution is 2.28. The van der Waals surface area contributed by atoms with E-state index in [1.165, 1.54) is 17.5 Å². The van der Waals surface area contributed by atoms with Crippen molar-refractivity contribution in [1.82, 2.24) is 0 Å². The maximum Gasteiger partial charge on any atom is 0.0688 e. The third-order valence-corrected chi connectivity index (χ3v) is 3.31. The van der Waals surface area contributed by atoms with Gasteiger partial charge in [-0.15, -0.1) is 0 Å². The second-order valence-corrected chi connectivity index (χ2v) is 4.76. The lowest BCUT2D eigenvalue weighted by molar-refractivity contribution is 0.0366. The van der Waals surface area contributed by atoms with Gasteiger partial charge in [0.15, 0.2) is 0 Å². The molecule has 1 aromatic rings. The number of hydrogen-bond donors (Lipinski definition) is 1. The van der Waals surface area contributed by atoms with Crippen molar-refractivity contribution >= 4 is 0 Å². The van der Waals surface area contributed by atoms with Gasteiger partial charge in [0.05, 0.1) is 12.1 Å². The standard InChI is InChI=1S/C14H21NO/c1-2-5-12-6-3-7-13(10-12)14(15)8-4-9-16-11-14/h3,6-7,10H,2,4-5,8-9,11,15H2,1H3. The van der Waals surface area contributed by atoms with E-state index >= 15 is 0 Å². The SMILES string of the molecule is CCCc1cccc(C2(N)CCCOC2)c1. The molecule has 1 fully saturated rings. The second kappa shape index (κ2) is 4.98. The number of nitrogens with two attached hydrogens (primary N) is 1. The molecule has 2 rings (SSSR count). The number of ether oxygens (including phenoxy) is 1. The summed E-state index contributed by atoms with van der Waals surface area (Å²) < 4.78 is 5.51. The van der Waals surface area contributed by atoms with Crippen molar-refractivity contribution in [3.05, 3.63) is 35.4 Å². The quantitative estimate of drug-likeness (QED) is 0.848. The van der Waals surface area contributed by atoms with Crippen molar-refractivity contribution < 1.29 is 4.74 Å². The minimum absolute atomic E-state index is 0.262. The first-order chi connectivity index (χ1) is 7.74. The maximum atomic E-state index is 6.42. The average Bonchev–Trinajstić information content (AvgIpc) is 2.31. The number of rotatable bonds is 3. The number of aryl methyl sites for hydroxylation is 1. The molecule has 2 N–H and O–H groups in total. The first-order valence-corrected chi connectivity index (χ1v) is 6.21. The lowest BCUT2D eigenvalue weighted by Crippen LogP contribution is -2.44. The Labute approximate surface area is 97.8 Å². The molecule has 2 heteroatoms. The van der Waals surface area contributed by atoms with E-state index in [0.717, 1.165) is 25.9 Å². The van der Waals surface area contributed by atoms with Gasteiger partial charge >= 0.3 is 0 Å². The van der Waals surface area contributed by atoms with Crippen LogP contribution in [-0.2, 0) is 16.7 Å². The summed E-state index contributed by atoms with van der Waals surface area (Å²) >= 11 is 0. The van der Waals surface area contributed by atoms with Crippen molar-refractivity contribution in [2.24, 2.45) is 5.73 Å². The van der Waals surface area contributed by atoms with Crippen LogP contribution < -0.4 is 5.73 Å². The highest BCUT2D eigenvalue weighted by atomic mass is 16.5. The van der Waals surface area contributed by atoms with E-state index in [2.05, 4.69) is 31.2 Å². The van der Waals surface area contributed by atoms with Crippen LogP contribution in [0.2, 0.25) is 0 Å². The molecule has 2 nitrogen and oxygen atoms in total. The Morgan fingerprint density at radius 1 is 1.44 bits per heavy atom. The van der Waals surface area contributed by atoms with Crippen molar-refractivity contribution in [1.29, 1.82) is 0 Å². The monoisotopic (exact) mass is 219 g/mol. The molecule has 16 heavy (non-hydrogen) atoms. The summed E-state index contributed by atoms with van der Waals surface area (Å²) in [5, 5.41) is 0. The van der Waals surface area contributed by atoms with Crippen LogP contribution in [0.25, 0.3) is 0 Å². The van der Waals surface area contributed by atoms with E-state index in [9.17, 15) is 0 Å². The van der Waals surface area contributed by atoms with Crippen LogP contribution in [0.4, 0.5) is 0 Å². The predicted octanol–water partition coefficient (Wildman–Crippen LogP) is 2.60. The molecule has 0 aliphatic carbocycles. The Balaban J connectivity index is 2.21. The lowest BCUT2D eigenvalue weighted by Gasteiger charge is -2.34. The van der Waals surface area contributed by atoms with Crippen LogP contribution >= 0.6 is 0 Å². The summed E-state index contributed by atoms with van der Waals surface area (Å²) in [4.78, 5) is 0. The van der Waals surface area contributed by atoms with Gasteiger partial charge in [0.2, 0.25) is 0 Å². The summed E-state index contributed by atoms with van der Waals surface area (Å²) in [6, 6.07) is 8.68. The lowest BCUT2D eigenvalue weighted by atomic mass is 9.85. The van der Waals surface area contributed by atoms with Crippen molar-refractivity contribution in [3.8, 4) is 0 Å². The van der Waals surface area contributed by atoms with E-state index in [4.69, 9.17) is 10.5 Å². The predicted molar refractivity (Wildman–Crippen MR) is 66.4 cm³/mol. The van der Waals surface area contributed by atoms with Gasteiger partial charge in [-0.2, -0.15) is 0 Å². The van der Waals surface area contributed by atoms with Crippen LogP contribution in [0.15, 0.2) is 24.3 Å². The fourth-order valence-corrected chi connectivity index (χ4v) is 2.37. The highest BCUT2D eigenvalue weighted by molar-refractivity contribution is 5.30. The Morgan fingerprint density at radius 2 is 2.31 bits per heavy atom. The van der Waals surface area contributed by atoms with E-state index in [1.54, 1.807) is 0 Å². The van der Waals surface area contributed by atoms with Gasteiger partial charge in [0, 0.05) is 6.61 Å². The van der Waals surface area contributed by atoms with E-state index in [-0.39, 0.29) is 5.54 Å². The Bertz CT molecular complexity index is 342. The molecule has 0 radical (unpaired) electrons. The Kier molecular flexibility index (Phi) is 3.62. The first kappa shape index (κ1) is 11.6. The van der Waals surface area contributed by atoms with E-state index in [0.29, 0.717) is 6.61 Å². The van der Waals surface area contributed by atoms with Crippen molar-refractivity contribution in [3.63, 3.8) is 0 Å². The Hall–Kier alpha value is -0.860. The van der Waals surface area contributed by atoms with Crippen molar-refractivity contribution in [2.75, 3.05) is 13.2 Å². The molecule has 1 saturated heterocycles. The van der Waals surface area contributed by atoms with Crippen LogP contribution in [0, 0.1) is 0 Å². The molecule has 1 aliphatic rings. The van der Waals surface area contributed by atoms with E-state index in [1.807, 2.05) is 0 Å². The molecule has 0 aromatic heterocycles. The third-order valence-electron chi connectivity index (χ3n) is 3.31. The van der Waals surface area contributed by atoms with Gasteiger partial charge in [0.1, 0.15) is 0 Å². The normalized spacial score (nSPS) is 25.6. The summed E-state index contributed by atoms with van der Waals surface area (Å²) in [5.74, 6) is 0. The van der Waals surface area contributed by atoms with Gasteiger partial charge in [0.25, 0.3) is 0 Å². The molecule has 1 unspecified atom stereocenters. The number of benzene rings is 1. The topological polar surface area (TPSA) is 35.2 Å².